The summed E-state index contributed by atoms with van der Waals surface area (Å²) in [7, 11) is 0. The molecule has 0 bridgehead atoms. The number of nitrogens with one attached hydrogen (secondary N) is 1. The molecule has 5 nitrogen and oxygen atoms in total. The van der Waals surface area contributed by atoms with E-state index in [2.05, 4.69) is 5.32 Å². The largest absolute Gasteiger partial charge is 0.481 e. The van der Waals surface area contributed by atoms with Gasteiger partial charge in [0.2, 0.25) is 0 Å². The number of hydrogen-bond acceptors (Lipinski definition) is 3. The summed E-state index contributed by atoms with van der Waals surface area (Å²) in [4.78, 5) is 20.3. The molecule has 0 heterocycles. The number of carboxylic acids is 2. The van der Waals surface area contributed by atoms with E-state index in [0.29, 0.717) is 12.8 Å². The average Bonchev–Trinajstić information content (AvgIpc) is 2.14. The highest BCUT2D eigenvalue weighted by Crippen LogP contribution is 1.95. The van der Waals surface area contributed by atoms with Gasteiger partial charge in [-0.3, -0.25) is 9.59 Å². The summed E-state index contributed by atoms with van der Waals surface area (Å²) in [6, 6.07) is 0. The van der Waals surface area contributed by atoms with E-state index in [-0.39, 0.29) is 12.8 Å². The zero-order valence-electron chi connectivity index (χ0n) is 8.87. The summed E-state index contributed by atoms with van der Waals surface area (Å²) in [5.41, 5.74) is 0. The van der Waals surface area contributed by atoms with Gasteiger partial charge in [0.25, 0.3) is 0 Å². The highest BCUT2D eigenvalue weighted by molar-refractivity contribution is 5.66. The molecule has 3 N–H and O–H groups in total. The van der Waals surface area contributed by atoms with Crippen LogP contribution in [0, 0.1) is 0 Å². The Bertz CT molecular complexity index is 174. The summed E-state index contributed by atoms with van der Waals surface area (Å²) in [5.74, 6) is -1.51. The number of carboxylic acid groups (broad SMARTS) is 2. The zero-order chi connectivity index (χ0) is 11.5. The lowest BCUT2D eigenvalue weighted by atomic mass is 10.2. The Labute approximate surface area is 89.5 Å². The predicted molar refractivity (Wildman–Crippen MR) is 55.8 cm³/mol. The van der Waals surface area contributed by atoms with Crippen LogP contribution in [0.1, 0.15) is 38.5 Å². The fourth-order valence-corrected chi connectivity index (χ4v) is 1.18. The molecule has 0 spiro atoms. The first-order valence-corrected chi connectivity index (χ1v) is 5.27. The van der Waals surface area contributed by atoms with Crippen LogP contribution in [-0.2, 0) is 9.59 Å². The highest BCUT2D eigenvalue weighted by atomic mass is 16.4. The van der Waals surface area contributed by atoms with Crippen LogP contribution in [0.2, 0.25) is 0 Å². The Morgan fingerprint density at radius 1 is 0.800 bits per heavy atom. The van der Waals surface area contributed by atoms with Crippen LogP contribution in [0.25, 0.3) is 0 Å². The third-order valence-corrected chi connectivity index (χ3v) is 1.99. The van der Waals surface area contributed by atoms with Gasteiger partial charge in [-0.05, 0) is 38.8 Å². The van der Waals surface area contributed by atoms with E-state index >= 15 is 0 Å². The molecule has 0 aliphatic heterocycles. The van der Waals surface area contributed by atoms with Gasteiger partial charge >= 0.3 is 11.9 Å². The fraction of sp³-hybridized carbons (Fsp3) is 0.800. The molecule has 0 saturated carbocycles. The maximum absolute atomic E-state index is 10.2. The van der Waals surface area contributed by atoms with Crippen molar-refractivity contribution in [2.24, 2.45) is 0 Å². The van der Waals surface area contributed by atoms with Crippen molar-refractivity contribution in [2.45, 2.75) is 38.5 Å². The average molecular weight is 217 g/mol. The summed E-state index contributed by atoms with van der Waals surface area (Å²) in [6.07, 6.45) is 3.53. The van der Waals surface area contributed by atoms with Gasteiger partial charge in [-0.25, -0.2) is 0 Å². The molecule has 15 heavy (non-hydrogen) atoms. The Morgan fingerprint density at radius 3 is 1.53 bits per heavy atom. The maximum Gasteiger partial charge on any atom is 0.303 e. The van der Waals surface area contributed by atoms with Gasteiger partial charge in [0.05, 0.1) is 0 Å². The first-order chi connectivity index (χ1) is 7.13. The van der Waals surface area contributed by atoms with E-state index in [1.54, 1.807) is 0 Å². The van der Waals surface area contributed by atoms with Crippen molar-refractivity contribution in [1.29, 1.82) is 0 Å². The van der Waals surface area contributed by atoms with Crippen molar-refractivity contribution in [3.05, 3.63) is 0 Å². The summed E-state index contributed by atoms with van der Waals surface area (Å²) >= 11 is 0. The molecule has 0 aliphatic carbocycles. The van der Waals surface area contributed by atoms with E-state index in [0.717, 1.165) is 25.9 Å². The number of aliphatic carboxylic acids is 2. The second-order valence-corrected chi connectivity index (χ2v) is 3.45. The Kier molecular flexibility index (Phi) is 8.76. The van der Waals surface area contributed by atoms with Crippen molar-refractivity contribution in [1.82, 2.24) is 5.32 Å². The molecule has 0 atom stereocenters. The van der Waals surface area contributed by atoms with E-state index < -0.39 is 11.9 Å². The van der Waals surface area contributed by atoms with Crippen LogP contribution >= 0.6 is 0 Å². The van der Waals surface area contributed by atoms with Gasteiger partial charge in [-0.15, -0.1) is 0 Å². The van der Waals surface area contributed by atoms with Crippen LogP contribution < -0.4 is 5.32 Å². The maximum atomic E-state index is 10.2. The van der Waals surface area contributed by atoms with Gasteiger partial charge in [-0.2, -0.15) is 0 Å². The van der Waals surface area contributed by atoms with Crippen LogP contribution in [0.15, 0.2) is 0 Å². The van der Waals surface area contributed by atoms with E-state index in [1.807, 2.05) is 0 Å². The van der Waals surface area contributed by atoms with Crippen molar-refractivity contribution < 1.29 is 19.8 Å². The van der Waals surface area contributed by atoms with Crippen molar-refractivity contribution in [2.75, 3.05) is 13.1 Å². The second kappa shape index (κ2) is 9.45. The molecule has 0 unspecified atom stereocenters. The molecule has 0 amide bonds. The molecular weight excluding hydrogens is 198 g/mol. The number of carbonyl (C=O) groups is 2. The van der Waals surface area contributed by atoms with Crippen molar-refractivity contribution in [3.8, 4) is 0 Å². The zero-order valence-corrected chi connectivity index (χ0v) is 8.87. The lowest BCUT2D eigenvalue weighted by molar-refractivity contribution is -0.138. The third-order valence-electron chi connectivity index (χ3n) is 1.99. The molecule has 0 aromatic rings. The first-order valence-electron chi connectivity index (χ1n) is 5.27. The number of rotatable bonds is 10. The lowest BCUT2D eigenvalue weighted by Crippen LogP contribution is -2.17. The second-order valence-electron chi connectivity index (χ2n) is 3.45. The minimum absolute atomic E-state index is 0.223. The summed E-state index contributed by atoms with van der Waals surface area (Å²) in [5, 5.41) is 19.9. The molecule has 0 radical (unpaired) electrons. The minimum Gasteiger partial charge on any atom is -0.481 e. The van der Waals surface area contributed by atoms with Gasteiger partial charge in [0, 0.05) is 12.8 Å². The van der Waals surface area contributed by atoms with Gasteiger partial charge < -0.3 is 15.5 Å². The van der Waals surface area contributed by atoms with Gasteiger partial charge in [0.15, 0.2) is 0 Å². The quantitative estimate of drug-likeness (QED) is 0.477. The first kappa shape index (κ1) is 13.9. The van der Waals surface area contributed by atoms with Crippen LogP contribution in [0.3, 0.4) is 0 Å². The van der Waals surface area contributed by atoms with Crippen molar-refractivity contribution >= 4 is 11.9 Å². The van der Waals surface area contributed by atoms with Crippen LogP contribution in [0.5, 0.6) is 0 Å². The number of unbranched alkanes of at least 4 members (excludes halogenated alkanes) is 2. The SMILES string of the molecule is O=C(O)CCCCNCCCCC(=O)O. The topological polar surface area (TPSA) is 86.6 Å². The highest BCUT2D eigenvalue weighted by Gasteiger charge is 1.97. The molecule has 0 fully saturated rings. The molecule has 0 aliphatic rings. The third kappa shape index (κ3) is 12.9. The van der Waals surface area contributed by atoms with E-state index in [1.165, 1.54) is 0 Å². The van der Waals surface area contributed by atoms with Crippen LogP contribution in [-0.4, -0.2) is 35.2 Å². The minimum atomic E-state index is -0.753. The van der Waals surface area contributed by atoms with Gasteiger partial charge in [0.1, 0.15) is 0 Å². The molecule has 0 aromatic heterocycles. The fourth-order valence-electron chi connectivity index (χ4n) is 1.18. The normalized spacial score (nSPS) is 10.1. The standard InChI is InChI=1S/C10H19NO4/c12-9(13)5-1-3-7-11-8-4-2-6-10(14)15/h11H,1-8H2,(H,12,13)(H,14,15). The summed E-state index contributed by atoms with van der Waals surface area (Å²) in [6.45, 7) is 1.61. The molecule has 0 saturated heterocycles. The molecule has 88 valence electrons. The van der Waals surface area contributed by atoms with E-state index in [4.69, 9.17) is 10.2 Å². The van der Waals surface area contributed by atoms with E-state index in [9.17, 15) is 9.59 Å². The monoisotopic (exact) mass is 217 g/mol. The van der Waals surface area contributed by atoms with Crippen LogP contribution in [0.4, 0.5) is 0 Å². The summed E-state index contributed by atoms with van der Waals surface area (Å²) < 4.78 is 0. The Hall–Kier alpha value is -1.10. The molecular formula is C10H19NO4. The molecule has 0 aromatic carbocycles. The van der Waals surface area contributed by atoms with Crippen molar-refractivity contribution in [3.63, 3.8) is 0 Å². The lowest BCUT2D eigenvalue weighted by Gasteiger charge is -2.02. The predicted octanol–water partition coefficient (Wildman–Crippen LogP) is 1.09. The van der Waals surface area contributed by atoms with Gasteiger partial charge in [-0.1, -0.05) is 0 Å². The smallest absolute Gasteiger partial charge is 0.303 e. The Balaban J connectivity index is 2.99. The Morgan fingerprint density at radius 2 is 1.20 bits per heavy atom. The molecule has 5 heteroatoms. The molecule has 0 rings (SSSR count). The number of hydrogen-bond donors (Lipinski definition) is 3.